The molecule has 31 heavy (non-hydrogen) atoms. The van der Waals surface area contributed by atoms with Crippen molar-refractivity contribution in [3.63, 3.8) is 0 Å². The van der Waals surface area contributed by atoms with Gasteiger partial charge in [0.1, 0.15) is 0 Å². The number of aliphatic hydroxyl groups is 2. The topological polar surface area (TPSA) is 78.5 Å². The molecule has 0 aromatic rings. The molecule has 5 rings (SSSR count). The van der Waals surface area contributed by atoms with Crippen molar-refractivity contribution >= 4 is 0 Å². The summed E-state index contributed by atoms with van der Waals surface area (Å²) >= 11 is 0. The largest absolute Gasteiger partial charge is 0.393 e. The predicted octanol–water partition coefficient (Wildman–Crippen LogP) is 3.94. The Bertz CT molecular complexity index is 672. The first kappa shape index (κ1) is 22.6. The maximum atomic E-state index is 11.4. The Morgan fingerprint density at radius 3 is 2.39 bits per heavy atom. The van der Waals surface area contributed by atoms with Gasteiger partial charge in [-0.05, 0) is 117 Å². The average Bonchev–Trinajstić information content (AvgIpc) is 2.98. The third kappa shape index (κ3) is 3.45. The van der Waals surface area contributed by atoms with Crippen molar-refractivity contribution in [2.45, 2.75) is 110 Å². The van der Waals surface area contributed by atoms with Crippen molar-refractivity contribution in [2.24, 2.45) is 58.0 Å². The molecule has 4 saturated carbocycles. The van der Waals surface area contributed by atoms with Gasteiger partial charge < -0.3 is 21.3 Å². The lowest BCUT2D eigenvalue weighted by Crippen LogP contribution is -2.57. The fourth-order valence-electron chi connectivity index (χ4n) is 10.2. The zero-order chi connectivity index (χ0) is 22.1. The van der Waals surface area contributed by atoms with Gasteiger partial charge in [0, 0.05) is 12.1 Å². The first-order valence-electron chi connectivity index (χ1n) is 13.5. The van der Waals surface area contributed by atoms with E-state index >= 15 is 0 Å². The van der Waals surface area contributed by atoms with Crippen LogP contribution in [0.2, 0.25) is 0 Å². The highest BCUT2D eigenvalue weighted by atomic mass is 16.3. The van der Waals surface area contributed by atoms with Crippen molar-refractivity contribution in [3.8, 4) is 0 Å². The number of nitrogens with two attached hydrogens (primary N) is 1. The SMILES string of the molecule is CC1CNC(C(C)C2C(O)CC3C4CCC5CC(N)CCC5(C)C4CCC32C)C(O)C1. The number of nitrogens with one attached hydrogen (secondary N) is 1. The molecule has 178 valence electrons. The summed E-state index contributed by atoms with van der Waals surface area (Å²) in [5.41, 5.74) is 7.05. The molecule has 5 fully saturated rings. The molecule has 4 nitrogen and oxygen atoms in total. The van der Waals surface area contributed by atoms with Crippen LogP contribution in [0.15, 0.2) is 0 Å². The number of aliphatic hydroxyl groups excluding tert-OH is 2. The molecule has 13 unspecified atom stereocenters. The summed E-state index contributed by atoms with van der Waals surface area (Å²) in [6.07, 6.45) is 10.4. The molecular weight excluding hydrogens is 384 g/mol. The van der Waals surface area contributed by atoms with E-state index in [-0.39, 0.29) is 23.7 Å². The van der Waals surface area contributed by atoms with E-state index in [4.69, 9.17) is 5.73 Å². The lowest BCUT2D eigenvalue weighted by atomic mass is 9.44. The molecule has 4 heteroatoms. The maximum absolute atomic E-state index is 11.4. The monoisotopic (exact) mass is 432 g/mol. The molecule has 0 aromatic heterocycles. The molecule has 0 radical (unpaired) electrons. The van der Waals surface area contributed by atoms with Crippen LogP contribution in [0.25, 0.3) is 0 Å². The van der Waals surface area contributed by atoms with Crippen LogP contribution in [0.4, 0.5) is 0 Å². The zero-order valence-electron chi connectivity index (χ0n) is 20.4. The van der Waals surface area contributed by atoms with Gasteiger partial charge in [-0.3, -0.25) is 0 Å². The molecular formula is C27H48N2O2. The number of hydrogen-bond acceptors (Lipinski definition) is 4. The van der Waals surface area contributed by atoms with Crippen molar-refractivity contribution < 1.29 is 10.2 Å². The Kier molecular flexibility index (Phi) is 5.81. The summed E-state index contributed by atoms with van der Waals surface area (Å²) in [6.45, 7) is 10.6. The van der Waals surface area contributed by atoms with E-state index in [0.717, 1.165) is 37.1 Å². The van der Waals surface area contributed by atoms with Crippen molar-refractivity contribution in [2.75, 3.05) is 6.54 Å². The standard InChI is InChI=1S/C27H48N2O2/c1-15-11-23(31)25(29-14-15)16(2)24-22(30)13-21-19-6-5-17-12-18(28)7-9-26(17,3)20(19)8-10-27(21,24)4/h15-25,29-31H,5-14,28H2,1-4H3. The Balaban J connectivity index is 1.38. The normalized spacial score (nSPS) is 58.2. The van der Waals surface area contributed by atoms with Gasteiger partial charge in [-0.25, -0.2) is 0 Å². The minimum atomic E-state index is -0.286. The Morgan fingerprint density at radius 2 is 1.65 bits per heavy atom. The number of hydrogen-bond donors (Lipinski definition) is 4. The summed E-state index contributed by atoms with van der Waals surface area (Å²) in [5.74, 6) is 4.18. The van der Waals surface area contributed by atoms with Crippen molar-refractivity contribution in [1.29, 1.82) is 0 Å². The van der Waals surface area contributed by atoms with Crippen LogP contribution in [0, 0.1) is 52.3 Å². The fraction of sp³-hybridized carbons (Fsp3) is 1.00. The highest BCUT2D eigenvalue weighted by molar-refractivity contribution is 5.13. The number of piperidine rings is 1. The molecule has 0 spiro atoms. The average molecular weight is 433 g/mol. The minimum Gasteiger partial charge on any atom is -0.393 e. The van der Waals surface area contributed by atoms with E-state index in [1.165, 1.54) is 44.9 Å². The Labute approximate surface area is 190 Å². The third-order valence-electron chi connectivity index (χ3n) is 11.7. The molecule has 13 atom stereocenters. The predicted molar refractivity (Wildman–Crippen MR) is 125 cm³/mol. The second-order valence-electron chi connectivity index (χ2n) is 13.3. The van der Waals surface area contributed by atoms with E-state index < -0.39 is 0 Å². The fourth-order valence-corrected chi connectivity index (χ4v) is 10.2. The minimum absolute atomic E-state index is 0.122. The molecule has 1 saturated heterocycles. The smallest absolute Gasteiger partial charge is 0.0698 e. The van der Waals surface area contributed by atoms with Crippen LogP contribution in [0.1, 0.15) is 85.5 Å². The molecule has 5 aliphatic rings. The van der Waals surface area contributed by atoms with Crippen LogP contribution in [-0.2, 0) is 0 Å². The third-order valence-corrected chi connectivity index (χ3v) is 11.7. The highest BCUT2D eigenvalue weighted by Gasteiger charge is 2.63. The molecule has 0 aromatic carbocycles. The molecule has 0 bridgehead atoms. The molecule has 4 aliphatic carbocycles. The van der Waals surface area contributed by atoms with Gasteiger partial charge in [-0.2, -0.15) is 0 Å². The molecule has 0 amide bonds. The van der Waals surface area contributed by atoms with Gasteiger partial charge in [0.15, 0.2) is 0 Å². The number of rotatable bonds is 2. The van der Waals surface area contributed by atoms with Gasteiger partial charge in [0.05, 0.1) is 12.2 Å². The van der Waals surface area contributed by atoms with E-state index in [2.05, 4.69) is 33.0 Å². The first-order valence-corrected chi connectivity index (χ1v) is 13.5. The quantitative estimate of drug-likeness (QED) is 0.533. The maximum Gasteiger partial charge on any atom is 0.0698 e. The van der Waals surface area contributed by atoms with E-state index in [1.807, 2.05) is 0 Å². The van der Waals surface area contributed by atoms with Gasteiger partial charge in [-0.15, -0.1) is 0 Å². The summed E-state index contributed by atoms with van der Waals surface area (Å²) in [6, 6.07) is 0.538. The van der Waals surface area contributed by atoms with Crippen molar-refractivity contribution in [3.05, 3.63) is 0 Å². The number of fused-ring (bicyclic) bond motifs is 5. The second-order valence-corrected chi connectivity index (χ2v) is 13.3. The Morgan fingerprint density at radius 1 is 0.903 bits per heavy atom. The van der Waals surface area contributed by atoms with Crippen LogP contribution >= 0.6 is 0 Å². The molecule has 1 aliphatic heterocycles. The lowest BCUT2D eigenvalue weighted by Gasteiger charge is -2.61. The second kappa shape index (κ2) is 7.96. The van der Waals surface area contributed by atoms with Gasteiger partial charge in [-0.1, -0.05) is 27.7 Å². The highest BCUT2D eigenvalue weighted by Crippen LogP contribution is 2.68. The first-order chi connectivity index (χ1) is 14.6. The van der Waals surface area contributed by atoms with Crippen LogP contribution < -0.4 is 11.1 Å². The van der Waals surface area contributed by atoms with Gasteiger partial charge in [0.2, 0.25) is 0 Å². The summed E-state index contributed by atoms with van der Waals surface area (Å²) in [4.78, 5) is 0. The van der Waals surface area contributed by atoms with E-state index in [9.17, 15) is 10.2 Å². The van der Waals surface area contributed by atoms with Gasteiger partial charge >= 0.3 is 0 Å². The molecule has 1 heterocycles. The zero-order valence-corrected chi connectivity index (χ0v) is 20.4. The lowest BCUT2D eigenvalue weighted by molar-refractivity contribution is -0.120. The van der Waals surface area contributed by atoms with Crippen molar-refractivity contribution in [1.82, 2.24) is 5.32 Å². The van der Waals surface area contributed by atoms with E-state index in [1.54, 1.807) is 0 Å². The summed E-state index contributed by atoms with van der Waals surface area (Å²) in [7, 11) is 0. The Hall–Kier alpha value is -0.160. The van der Waals surface area contributed by atoms with Crippen LogP contribution in [-0.4, -0.2) is 41.0 Å². The van der Waals surface area contributed by atoms with Crippen LogP contribution in [0.3, 0.4) is 0 Å². The summed E-state index contributed by atoms with van der Waals surface area (Å²) in [5, 5.41) is 25.9. The van der Waals surface area contributed by atoms with E-state index in [0.29, 0.717) is 35.1 Å². The van der Waals surface area contributed by atoms with Crippen LogP contribution in [0.5, 0.6) is 0 Å². The van der Waals surface area contributed by atoms with Gasteiger partial charge in [0.25, 0.3) is 0 Å². The summed E-state index contributed by atoms with van der Waals surface area (Å²) < 4.78 is 0. The molecule has 5 N–H and O–H groups in total.